The van der Waals surface area contributed by atoms with Crippen molar-refractivity contribution in [1.29, 1.82) is 0 Å². The summed E-state index contributed by atoms with van der Waals surface area (Å²) in [4.78, 5) is 0. The van der Waals surface area contributed by atoms with Crippen LogP contribution in [0.2, 0.25) is 0 Å². The van der Waals surface area contributed by atoms with Crippen LogP contribution in [0.1, 0.15) is 25.8 Å². The highest BCUT2D eigenvalue weighted by atomic mass is 14.9. The van der Waals surface area contributed by atoms with Gasteiger partial charge in [-0.15, -0.1) is 0 Å². The predicted octanol–water partition coefficient (Wildman–Crippen LogP) is 1.94. The van der Waals surface area contributed by atoms with Crippen LogP contribution in [-0.4, -0.2) is 18.6 Å². The van der Waals surface area contributed by atoms with Gasteiger partial charge in [-0.1, -0.05) is 30.3 Å². The van der Waals surface area contributed by atoms with Gasteiger partial charge in [0, 0.05) is 18.6 Å². The Balaban J connectivity index is 2.19. The van der Waals surface area contributed by atoms with Gasteiger partial charge in [-0.25, -0.2) is 0 Å². The zero-order valence-electron chi connectivity index (χ0n) is 9.74. The summed E-state index contributed by atoms with van der Waals surface area (Å²) in [6, 6.07) is 11.4. The van der Waals surface area contributed by atoms with E-state index in [-0.39, 0.29) is 6.04 Å². The molecule has 0 heterocycles. The van der Waals surface area contributed by atoms with Gasteiger partial charge in [0.2, 0.25) is 0 Å². The lowest BCUT2D eigenvalue weighted by Crippen LogP contribution is -2.36. The Labute approximate surface area is 92.9 Å². The lowest BCUT2D eigenvalue weighted by atomic mass is 10.1. The van der Waals surface area contributed by atoms with Gasteiger partial charge in [0.25, 0.3) is 0 Å². The molecule has 84 valence electrons. The molecule has 15 heavy (non-hydrogen) atoms. The van der Waals surface area contributed by atoms with Gasteiger partial charge in [0.1, 0.15) is 0 Å². The Morgan fingerprint density at radius 1 is 1.20 bits per heavy atom. The van der Waals surface area contributed by atoms with Gasteiger partial charge < -0.3 is 11.1 Å². The van der Waals surface area contributed by atoms with Crippen LogP contribution in [0, 0.1) is 0 Å². The minimum absolute atomic E-state index is 0.240. The first-order valence-electron chi connectivity index (χ1n) is 5.71. The second-order valence-corrected chi connectivity index (χ2v) is 4.31. The lowest BCUT2D eigenvalue weighted by molar-refractivity contribution is 0.491. The van der Waals surface area contributed by atoms with E-state index in [0.29, 0.717) is 6.04 Å². The van der Waals surface area contributed by atoms with E-state index < -0.39 is 0 Å². The van der Waals surface area contributed by atoms with Crippen molar-refractivity contribution >= 4 is 0 Å². The van der Waals surface area contributed by atoms with Crippen LogP contribution in [0.5, 0.6) is 0 Å². The molecular formula is C13H22N2. The third-order valence-electron chi connectivity index (χ3n) is 2.50. The van der Waals surface area contributed by atoms with Crippen LogP contribution in [0.25, 0.3) is 0 Å². The molecule has 0 fully saturated rings. The molecule has 0 saturated carbocycles. The van der Waals surface area contributed by atoms with Gasteiger partial charge in [-0.2, -0.15) is 0 Å². The number of hydrogen-bond donors (Lipinski definition) is 2. The Morgan fingerprint density at radius 2 is 1.87 bits per heavy atom. The Hall–Kier alpha value is -0.860. The van der Waals surface area contributed by atoms with Gasteiger partial charge in [-0.05, 0) is 32.3 Å². The number of benzene rings is 1. The average Bonchev–Trinajstić information content (AvgIpc) is 2.25. The summed E-state index contributed by atoms with van der Waals surface area (Å²) in [5.74, 6) is 0. The van der Waals surface area contributed by atoms with Gasteiger partial charge in [0.15, 0.2) is 0 Å². The summed E-state index contributed by atoms with van der Waals surface area (Å²) < 4.78 is 0. The van der Waals surface area contributed by atoms with Crippen molar-refractivity contribution in [3.63, 3.8) is 0 Å². The zero-order chi connectivity index (χ0) is 11.1. The second kappa shape index (κ2) is 6.59. The molecule has 0 saturated heterocycles. The smallest absolute Gasteiger partial charge is 0.0136 e. The zero-order valence-corrected chi connectivity index (χ0v) is 9.74. The molecule has 1 rings (SSSR count). The van der Waals surface area contributed by atoms with E-state index in [1.807, 2.05) is 6.92 Å². The fourth-order valence-electron chi connectivity index (χ4n) is 1.52. The Kier molecular flexibility index (Phi) is 5.37. The van der Waals surface area contributed by atoms with Crippen LogP contribution in [0.4, 0.5) is 0 Å². The number of hydrogen-bond acceptors (Lipinski definition) is 2. The first kappa shape index (κ1) is 12.2. The van der Waals surface area contributed by atoms with Crippen molar-refractivity contribution in [3.05, 3.63) is 35.9 Å². The molecule has 0 aromatic heterocycles. The molecule has 0 radical (unpaired) electrons. The maximum atomic E-state index is 5.69. The van der Waals surface area contributed by atoms with Crippen LogP contribution in [-0.2, 0) is 6.42 Å². The molecule has 2 heteroatoms. The van der Waals surface area contributed by atoms with Crippen molar-refractivity contribution < 1.29 is 0 Å². The summed E-state index contributed by atoms with van der Waals surface area (Å²) >= 11 is 0. The van der Waals surface area contributed by atoms with E-state index in [2.05, 4.69) is 42.6 Å². The highest BCUT2D eigenvalue weighted by Crippen LogP contribution is 2.04. The molecule has 2 atom stereocenters. The Morgan fingerprint density at radius 3 is 2.47 bits per heavy atom. The van der Waals surface area contributed by atoms with Gasteiger partial charge in [-0.3, -0.25) is 0 Å². The van der Waals surface area contributed by atoms with Crippen molar-refractivity contribution in [2.75, 3.05) is 6.54 Å². The van der Waals surface area contributed by atoms with Gasteiger partial charge in [0.05, 0.1) is 0 Å². The van der Waals surface area contributed by atoms with Gasteiger partial charge >= 0.3 is 0 Å². The number of aryl methyl sites for hydroxylation is 1. The number of nitrogens with one attached hydrogen (secondary N) is 1. The molecule has 0 bridgehead atoms. The highest BCUT2D eigenvalue weighted by Gasteiger charge is 2.02. The molecule has 1 aromatic rings. The lowest BCUT2D eigenvalue weighted by Gasteiger charge is -2.15. The first-order chi connectivity index (χ1) is 7.18. The topological polar surface area (TPSA) is 38.0 Å². The quantitative estimate of drug-likeness (QED) is 0.746. The summed E-state index contributed by atoms with van der Waals surface area (Å²) in [6.45, 7) is 5.14. The summed E-state index contributed by atoms with van der Waals surface area (Å²) in [7, 11) is 0. The molecular weight excluding hydrogens is 184 g/mol. The van der Waals surface area contributed by atoms with Crippen molar-refractivity contribution in [3.8, 4) is 0 Å². The second-order valence-electron chi connectivity index (χ2n) is 4.31. The van der Waals surface area contributed by atoms with E-state index in [0.717, 1.165) is 19.4 Å². The van der Waals surface area contributed by atoms with Crippen LogP contribution in [0.15, 0.2) is 30.3 Å². The first-order valence-corrected chi connectivity index (χ1v) is 5.71. The van der Waals surface area contributed by atoms with Crippen LogP contribution >= 0.6 is 0 Å². The molecule has 0 spiro atoms. The standard InChI is InChI=1S/C13H22N2/c1-11(14)10-15-12(2)8-9-13-6-4-3-5-7-13/h3-7,11-12,15H,8-10,14H2,1-2H3. The van der Waals surface area contributed by atoms with Crippen molar-refractivity contribution in [2.24, 2.45) is 5.73 Å². The average molecular weight is 206 g/mol. The normalized spacial score (nSPS) is 14.9. The molecule has 1 aromatic carbocycles. The summed E-state index contributed by atoms with van der Waals surface area (Å²) in [5.41, 5.74) is 7.09. The van der Waals surface area contributed by atoms with E-state index in [1.54, 1.807) is 0 Å². The SMILES string of the molecule is CC(N)CNC(C)CCc1ccccc1. The predicted molar refractivity (Wildman–Crippen MR) is 65.9 cm³/mol. The minimum atomic E-state index is 0.240. The number of nitrogens with two attached hydrogens (primary N) is 1. The van der Waals surface area contributed by atoms with Crippen LogP contribution in [0.3, 0.4) is 0 Å². The van der Waals surface area contributed by atoms with Crippen molar-refractivity contribution in [2.45, 2.75) is 38.8 Å². The molecule has 2 unspecified atom stereocenters. The summed E-state index contributed by atoms with van der Waals surface area (Å²) in [6.07, 6.45) is 2.30. The molecule has 0 amide bonds. The van der Waals surface area contributed by atoms with Crippen molar-refractivity contribution in [1.82, 2.24) is 5.32 Å². The Bertz CT molecular complexity index is 256. The maximum absolute atomic E-state index is 5.69. The molecule has 0 aliphatic carbocycles. The largest absolute Gasteiger partial charge is 0.327 e. The third kappa shape index (κ3) is 5.55. The van der Waals surface area contributed by atoms with E-state index in [4.69, 9.17) is 5.73 Å². The third-order valence-corrected chi connectivity index (χ3v) is 2.50. The minimum Gasteiger partial charge on any atom is -0.327 e. The molecule has 0 aliphatic rings. The monoisotopic (exact) mass is 206 g/mol. The molecule has 3 N–H and O–H groups in total. The summed E-state index contributed by atoms with van der Waals surface area (Å²) in [5, 5.41) is 3.43. The fraction of sp³-hybridized carbons (Fsp3) is 0.538. The fourth-order valence-corrected chi connectivity index (χ4v) is 1.52. The number of rotatable bonds is 6. The highest BCUT2D eigenvalue weighted by molar-refractivity contribution is 5.14. The van der Waals surface area contributed by atoms with E-state index in [1.165, 1.54) is 5.56 Å². The van der Waals surface area contributed by atoms with E-state index >= 15 is 0 Å². The molecule has 2 nitrogen and oxygen atoms in total. The van der Waals surface area contributed by atoms with Crippen LogP contribution < -0.4 is 11.1 Å². The van der Waals surface area contributed by atoms with E-state index in [9.17, 15) is 0 Å². The molecule has 0 aliphatic heterocycles. The maximum Gasteiger partial charge on any atom is 0.0136 e.